The second-order valence-corrected chi connectivity index (χ2v) is 9.67. The highest BCUT2D eigenvalue weighted by atomic mass is 16.6. The van der Waals surface area contributed by atoms with Crippen LogP contribution in [-0.4, -0.2) is 39.1 Å². The van der Waals surface area contributed by atoms with Gasteiger partial charge in [-0.3, -0.25) is 9.78 Å². The van der Waals surface area contributed by atoms with Crippen molar-refractivity contribution in [3.8, 4) is 11.5 Å². The Morgan fingerprint density at radius 1 is 1.14 bits per heavy atom. The van der Waals surface area contributed by atoms with Crippen LogP contribution in [0.3, 0.4) is 0 Å². The van der Waals surface area contributed by atoms with Gasteiger partial charge in [-0.2, -0.15) is 9.99 Å². The van der Waals surface area contributed by atoms with Crippen molar-refractivity contribution in [2.45, 2.75) is 58.5 Å². The zero-order valence-electron chi connectivity index (χ0n) is 20.2. The molecule has 0 spiro atoms. The Morgan fingerprint density at radius 3 is 2.63 bits per heavy atom. The molecule has 4 rings (SSSR count). The SMILES string of the molecule is CC(C)(C)OC(=O)N(N)C(=O)c1cc(Oc2ccc3nc(NCC4CCCCC4)oc3c2)ccn1. The number of carbonyl (C=O) groups is 2. The normalized spacial score (nSPS) is 14.5. The van der Waals surface area contributed by atoms with Gasteiger partial charge in [0.15, 0.2) is 5.58 Å². The Labute approximate surface area is 203 Å². The van der Waals surface area contributed by atoms with E-state index in [0.717, 1.165) is 6.54 Å². The van der Waals surface area contributed by atoms with Gasteiger partial charge >= 0.3 is 6.09 Å². The van der Waals surface area contributed by atoms with Gasteiger partial charge in [-0.25, -0.2) is 10.6 Å². The molecule has 0 aliphatic heterocycles. The molecule has 186 valence electrons. The minimum atomic E-state index is -0.973. The lowest BCUT2D eigenvalue weighted by Gasteiger charge is -2.23. The van der Waals surface area contributed by atoms with Gasteiger partial charge in [0, 0.05) is 24.9 Å². The fourth-order valence-corrected chi connectivity index (χ4v) is 3.91. The molecule has 0 bridgehead atoms. The summed E-state index contributed by atoms with van der Waals surface area (Å²) < 4.78 is 16.9. The number of hydrogen-bond donors (Lipinski definition) is 2. The number of nitrogens with two attached hydrogens (primary N) is 1. The highest BCUT2D eigenvalue weighted by Gasteiger charge is 2.26. The number of pyridine rings is 1. The Kier molecular flexibility index (Phi) is 7.20. The van der Waals surface area contributed by atoms with Crippen LogP contribution in [0.5, 0.6) is 11.5 Å². The number of rotatable bonds is 6. The monoisotopic (exact) mass is 481 g/mol. The Morgan fingerprint density at radius 2 is 1.89 bits per heavy atom. The second kappa shape index (κ2) is 10.3. The van der Waals surface area contributed by atoms with E-state index in [1.165, 1.54) is 44.4 Å². The molecule has 1 aliphatic carbocycles. The number of anilines is 1. The van der Waals surface area contributed by atoms with E-state index in [1.807, 2.05) is 0 Å². The van der Waals surface area contributed by atoms with Gasteiger partial charge in [0.2, 0.25) is 0 Å². The average Bonchev–Trinajstić information content (AvgIpc) is 3.24. The largest absolute Gasteiger partial charge is 0.457 e. The van der Waals surface area contributed by atoms with E-state index in [4.69, 9.17) is 19.7 Å². The molecule has 35 heavy (non-hydrogen) atoms. The Hall–Kier alpha value is -3.66. The third-order valence-electron chi connectivity index (χ3n) is 5.62. The quantitative estimate of drug-likeness (QED) is 0.275. The summed E-state index contributed by atoms with van der Waals surface area (Å²) in [6, 6.07) is 8.77. The molecule has 2 heterocycles. The number of imide groups is 1. The summed E-state index contributed by atoms with van der Waals surface area (Å²) in [5, 5.41) is 3.70. The van der Waals surface area contributed by atoms with Crippen LogP contribution in [0.1, 0.15) is 63.4 Å². The summed E-state index contributed by atoms with van der Waals surface area (Å²) in [6.07, 6.45) is 6.79. The van der Waals surface area contributed by atoms with Gasteiger partial charge in [0.1, 0.15) is 28.3 Å². The standard InChI is InChI=1S/C25H31N5O5/c1-25(2,3)35-24(32)30(26)22(31)20-13-18(11-12-27-20)33-17-9-10-19-21(14-17)34-23(29-19)28-15-16-7-5-4-6-8-16/h9-14,16H,4-8,15,26H2,1-3H3,(H,28,29). The molecule has 2 amide bonds. The summed E-state index contributed by atoms with van der Waals surface area (Å²) in [5.74, 6) is 6.32. The van der Waals surface area contributed by atoms with Crippen LogP contribution >= 0.6 is 0 Å². The van der Waals surface area contributed by atoms with Crippen molar-refractivity contribution in [2.75, 3.05) is 11.9 Å². The van der Waals surface area contributed by atoms with Gasteiger partial charge in [-0.15, -0.1) is 0 Å². The van der Waals surface area contributed by atoms with Crippen molar-refractivity contribution in [3.63, 3.8) is 0 Å². The molecule has 1 aromatic carbocycles. The van der Waals surface area contributed by atoms with Crippen molar-refractivity contribution in [3.05, 3.63) is 42.2 Å². The number of oxazole rings is 1. The van der Waals surface area contributed by atoms with Gasteiger partial charge in [0.05, 0.1) is 0 Å². The van der Waals surface area contributed by atoms with Gasteiger partial charge in [-0.05, 0) is 57.7 Å². The summed E-state index contributed by atoms with van der Waals surface area (Å²) >= 11 is 0. The summed E-state index contributed by atoms with van der Waals surface area (Å²) in [4.78, 5) is 33.2. The van der Waals surface area contributed by atoms with E-state index >= 15 is 0 Å². The summed E-state index contributed by atoms with van der Waals surface area (Å²) in [6.45, 7) is 5.89. The first-order valence-corrected chi connectivity index (χ1v) is 11.8. The topological polar surface area (TPSA) is 133 Å². The number of hydrogen-bond acceptors (Lipinski definition) is 9. The zero-order chi connectivity index (χ0) is 25.0. The molecule has 2 aromatic heterocycles. The highest BCUT2D eigenvalue weighted by molar-refractivity contribution is 6.01. The lowest BCUT2D eigenvalue weighted by Crippen LogP contribution is -2.45. The minimum Gasteiger partial charge on any atom is -0.457 e. The fourth-order valence-electron chi connectivity index (χ4n) is 3.91. The van der Waals surface area contributed by atoms with E-state index in [9.17, 15) is 9.59 Å². The number of hydrazine groups is 1. The fraction of sp³-hybridized carbons (Fsp3) is 0.440. The number of fused-ring (bicyclic) bond motifs is 1. The number of aromatic nitrogens is 2. The number of amides is 2. The molecule has 10 heteroatoms. The maximum atomic E-state index is 12.6. The predicted molar refractivity (Wildman–Crippen MR) is 130 cm³/mol. The van der Waals surface area contributed by atoms with E-state index < -0.39 is 17.6 Å². The van der Waals surface area contributed by atoms with Crippen molar-refractivity contribution in [1.29, 1.82) is 0 Å². The van der Waals surface area contributed by atoms with Crippen LogP contribution < -0.4 is 15.9 Å². The Bertz CT molecular complexity index is 1200. The van der Waals surface area contributed by atoms with Crippen LogP contribution in [0.2, 0.25) is 0 Å². The first-order valence-electron chi connectivity index (χ1n) is 11.8. The number of carbonyl (C=O) groups excluding carboxylic acids is 2. The summed E-state index contributed by atoms with van der Waals surface area (Å²) in [7, 11) is 0. The molecular weight excluding hydrogens is 450 g/mol. The van der Waals surface area contributed by atoms with Crippen LogP contribution in [0.4, 0.5) is 10.8 Å². The molecule has 0 radical (unpaired) electrons. The third kappa shape index (κ3) is 6.48. The van der Waals surface area contributed by atoms with E-state index in [0.29, 0.717) is 39.5 Å². The molecule has 10 nitrogen and oxygen atoms in total. The first-order chi connectivity index (χ1) is 16.7. The van der Waals surface area contributed by atoms with Crippen molar-refractivity contribution >= 4 is 29.1 Å². The van der Waals surface area contributed by atoms with Gasteiger partial charge < -0.3 is 19.2 Å². The Balaban J connectivity index is 1.41. The predicted octanol–water partition coefficient (Wildman–Crippen LogP) is 5.26. The third-order valence-corrected chi connectivity index (χ3v) is 5.62. The number of nitrogens with one attached hydrogen (secondary N) is 1. The summed E-state index contributed by atoms with van der Waals surface area (Å²) in [5.41, 5.74) is 0.436. The van der Waals surface area contributed by atoms with Crippen molar-refractivity contribution in [1.82, 2.24) is 15.0 Å². The van der Waals surface area contributed by atoms with Crippen LogP contribution in [0, 0.1) is 5.92 Å². The molecule has 1 aliphatic rings. The lowest BCUT2D eigenvalue weighted by atomic mass is 9.89. The maximum Gasteiger partial charge on any atom is 0.432 e. The molecule has 0 saturated heterocycles. The van der Waals surface area contributed by atoms with Crippen molar-refractivity contribution in [2.24, 2.45) is 11.8 Å². The average molecular weight is 482 g/mol. The number of benzene rings is 1. The minimum absolute atomic E-state index is 0.0641. The van der Waals surface area contributed by atoms with Crippen LogP contribution in [0.25, 0.3) is 11.1 Å². The molecule has 0 unspecified atom stereocenters. The maximum absolute atomic E-state index is 12.6. The van der Waals surface area contributed by atoms with E-state index in [-0.39, 0.29) is 5.69 Å². The molecular formula is C25H31N5O5. The lowest BCUT2D eigenvalue weighted by molar-refractivity contribution is 0.0237. The van der Waals surface area contributed by atoms with E-state index in [2.05, 4.69) is 15.3 Å². The molecule has 0 atom stereocenters. The second-order valence-electron chi connectivity index (χ2n) is 9.67. The van der Waals surface area contributed by atoms with Gasteiger partial charge in [0.25, 0.3) is 11.9 Å². The van der Waals surface area contributed by atoms with Crippen LogP contribution in [0.15, 0.2) is 40.9 Å². The van der Waals surface area contributed by atoms with Crippen molar-refractivity contribution < 1.29 is 23.5 Å². The van der Waals surface area contributed by atoms with Crippen LogP contribution in [-0.2, 0) is 4.74 Å². The van der Waals surface area contributed by atoms with E-state index in [1.54, 1.807) is 45.0 Å². The number of nitrogens with zero attached hydrogens (tertiary/aromatic N) is 3. The molecule has 3 aromatic rings. The zero-order valence-corrected chi connectivity index (χ0v) is 20.2. The highest BCUT2D eigenvalue weighted by Crippen LogP contribution is 2.29. The first kappa shape index (κ1) is 24.5. The molecule has 1 fully saturated rings. The molecule has 3 N–H and O–H groups in total. The molecule has 1 saturated carbocycles. The van der Waals surface area contributed by atoms with Gasteiger partial charge in [-0.1, -0.05) is 19.3 Å². The number of ether oxygens (including phenoxy) is 2. The smallest absolute Gasteiger partial charge is 0.432 e.